The van der Waals surface area contributed by atoms with Gasteiger partial charge in [0, 0.05) is 37.8 Å². The lowest BCUT2D eigenvalue weighted by atomic mass is 9.76. The molecule has 3 rings (SSSR count). The molecule has 1 saturated heterocycles. The summed E-state index contributed by atoms with van der Waals surface area (Å²) >= 11 is 0. The van der Waals surface area contributed by atoms with E-state index in [0.717, 1.165) is 44.7 Å². The van der Waals surface area contributed by atoms with Gasteiger partial charge < -0.3 is 14.8 Å². The smallest absolute Gasteiger partial charge is 0.0673 e. The highest BCUT2D eigenvalue weighted by atomic mass is 16.5. The summed E-state index contributed by atoms with van der Waals surface area (Å²) in [6.07, 6.45) is 9.53. The molecule has 2 atom stereocenters. The lowest BCUT2D eigenvalue weighted by Gasteiger charge is -2.35. The Labute approximate surface area is 117 Å². The standard InChI is InChI=1S/C16H29NO2/c1-2-9-18-10-7-16(12-17-14-5-6-14)8-11-19-15(16)13-3-4-13/h13-15,17H,2-12H2,1H3. The Balaban J connectivity index is 1.55. The van der Waals surface area contributed by atoms with Crippen LogP contribution in [0.1, 0.15) is 51.9 Å². The molecule has 0 aromatic carbocycles. The normalized spacial score (nSPS) is 34.9. The molecule has 3 heteroatoms. The summed E-state index contributed by atoms with van der Waals surface area (Å²) in [5, 5.41) is 3.76. The topological polar surface area (TPSA) is 30.5 Å². The van der Waals surface area contributed by atoms with E-state index in [1.807, 2.05) is 0 Å². The Morgan fingerprint density at radius 2 is 2.05 bits per heavy atom. The first-order valence-electron chi connectivity index (χ1n) is 8.27. The summed E-state index contributed by atoms with van der Waals surface area (Å²) in [5.74, 6) is 0.842. The Kier molecular flexibility index (Phi) is 4.45. The van der Waals surface area contributed by atoms with Crippen molar-refractivity contribution in [2.24, 2.45) is 11.3 Å². The Hall–Kier alpha value is -0.120. The SMILES string of the molecule is CCCOCCC1(CNC2CC2)CCOC1C1CC1. The van der Waals surface area contributed by atoms with Crippen molar-refractivity contribution in [2.75, 3.05) is 26.4 Å². The summed E-state index contributed by atoms with van der Waals surface area (Å²) < 4.78 is 11.9. The molecule has 0 bridgehead atoms. The molecule has 0 aromatic heterocycles. The molecule has 2 unspecified atom stereocenters. The van der Waals surface area contributed by atoms with Crippen molar-refractivity contribution in [2.45, 2.75) is 64.0 Å². The number of hydrogen-bond donors (Lipinski definition) is 1. The first kappa shape index (κ1) is 13.8. The van der Waals surface area contributed by atoms with Crippen LogP contribution in [0.4, 0.5) is 0 Å². The minimum atomic E-state index is 0.359. The van der Waals surface area contributed by atoms with Crippen LogP contribution in [0.25, 0.3) is 0 Å². The summed E-state index contributed by atoms with van der Waals surface area (Å²) in [7, 11) is 0. The molecule has 1 heterocycles. The second-order valence-electron chi connectivity index (χ2n) is 6.76. The second-order valence-corrected chi connectivity index (χ2v) is 6.76. The summed E-state index contributed by atoms with van der Waals surface area (Å²) in [6.45, 7) is 6.10. The van der Waals surface area contributed by atoms with Crippen LogP contribution in [0.2, 0.25) is 0 Å². The zero-order chi connectivity index (χ0) is 13.1. The van der Waals surface area contributed by atoms with Crippen LogP contribution in [0, 0.1) is 11.3 Å². The van der Waals surface area contributed by atoms with Gasteiger partial charge >= 0.3 is 0 Å². The van der Waals surface area contributed by atoms with Crippen molar-refractivity contribution in [3.63, 3.8) is 0 Å². The fourth-order valence-corrected chi connectivity index (χ4v) is 3.44. The molecule has 1 N–H and O–H groups in total. The summed E-state index contributed by atoms with van der Waals surface area (Å²) in [4.78, 5) is 0. The van der Waals surface area contributed by atoms with Gasteiger partial charge in [-0.1, -0.05) is 6.92 Å². The van der Waals surface area contributed by atoms with Gasteiger partial charge in [0.1, 0.15) is 0 Å². The zero-order valence-electron chi connectivity index (χ0n) is 12.3. The predicted molar refractivity (Wildman–Crippen MR) is 76.3 cm³/mol. The molecule has 3 nitrogen and oxygen atoms in total. The first-order chi connectivity index (χ1) is 9.34. The van der Waals surface area contributed by atoms with Gasteiger partial charge in [0.2, 0.25) is 0 Å². The Bertz CT molecular complexity index is 288. The fourth-order valence-electron chi connectivity index (χ4n) is 3.44. The molecule has 3 aliphatic rings. The number of ether oxygens (including phenoxy) is 2. The third kappa shape index (κ3) is 3.50. The molecule has 0 aromatic rings. The van der Waals surface area contributed by atoms with Gasteiger partial charge in [-0.05, 0) is 50.9 Å². The Morgan fingerprint density at radius 3 is 2.74 bits per heavy atom. The number of rotatable bonds is 9. The summed E-state index contributed by atoms with van der Waals surface area (Å²) in [6, 6.07) is 0.800. The zero-order valence-corrected chi connectivity index (χ0v) is 12.3. The molecule has 19 heavy (non-hydrogen) atoms. The number of nitrogens with one attached hydrogen (secondary N) is 1. The van der Waals surface area contributed by atoms with Gasteiger partial charge in [-0.3, -0.25) is 0 Å². The molecule has 0 radical (unpaired) electrons. The molecule has 2 saturated carbocycles. The van der Waals surface area contributed by atoms with Crippen LogP contribution in [0.15, 0.2) is 0 Å². The van der Waals surface area contributed by atoms with Crippen LogP contribution in [-0.2, 0) is 9.47 Å². The van der Waals surface area contributed by atoms with Crippen molar-refractivity contribution in [1.82, 2.24) is 5.32 Å². The van der Waals surface area contributed by atoms with E-state index in [4.69, 9.17) is 9.47 Å². The maximum atomic E-state index is 6.11. The highest BCUT2D eigenvalue weighted by Crippen LogP contribution is 2.49. The molecular formula is C16H29NO2. The van der Waals surface area contributed by atoms with E-state index in [0.29, 0.717) is 11.5 Å². The van der Waals surface area contributed by atoms with Gasteiger partial charge in [-0.25, -0.2) is 0 Å². The van der Waals surface area contributed by atoms with Gasteiger partial charge in [0.25, 0.3) is 0 Å². The number of hydrogen-bond acceptors (Lipinski definition) is 3. The first-order valence-corrected chi connectivity index (χ1v) is 8.27. The minimum absolute atomic E-state index is 0.359. The van der Waals surface area contributed by atoms with Crippen molar-refractivity contribution in [3.8, 4) is 0 Å². The fraction of sp³-hybridized carbons (Fsp3) is 1.00. The average Bonchev–Trinajstić information content (AvgIpc) is 3.33. The third-order valence-electron chi connectivity index (χ3n) is 4.96. The average molecular weight is 267 g/mol. The van der Waals surface area contributed by atoms with E-state index < -0.39 is 0 Å². The van der Waals surface area contributed by atoms with Crippen LogP contribution >= 0.6 is 0 Å². The largest absolute Gasteiger partial charge is 0.381 e. The lowest BCUT2D eigenvalue weighted by molar-refractivity contribution is 0.00850. The van der Waals surface area contributed by atoms with E-state index >= 15 is 0 Å². The van der Waals surface area contributed by atoms with Crippen molar-refractivity contribution in [3.05, 3.63) is 0 Å². The molecule has 110 valence electrons. The van der Waals surface area contributed by atoms with Gasteiger partial charge in [-0.2, -0.15) is 0 Å². The lowest BCUT2D eigenvalue weighted by Crippen LogP contribution is -2.43. The minimum Gasteiger partial charge on any atom is -0.381 e. The highest BCUT2D eigenvalue weighted by Gasteiger charge is 2.50. The van der Waals surface area contributed by atoms with Crippen LogP contribution in [-0.4, -0.2) is 38.5 Å². The van der Waals surface area contributed by atoms with Gasteiger partial charge in [-0.15, -0.1) is 0 Å². The van der Waals surface area contributed by atoms with E-state index in [9.17, 15) is 0 Å². The predicted octanol–water partition coefficient (Wildman–Crippen LogP) is 2.74. The molecule has 3 fully saturated rings. The van der Waals surface area contributed by atoms with Crippen LogP contribution < -0.4 is 5.32 Å². The van der Waals surface area contributed by atoms with E-state index in [1.54, 1.807) is 0 Å². The van der Waals surface area contributed by atoms with Crippen molar-refractivity contribution < 1.29 is 9.47 Å². The highest BCUT2D eigenvalue weighted by molar-refractivity contribution is 5.01. The van der Waals surface area contributed by atoms with Gasteiger partial charge in [0.05, 0.1) is 6.10 Å². The maximum absolute atomic E-state index is 6.11. The van der Waals surface area contributed by atoms with E-state index in [1.165, 1.54) is 38.5 Å². The molecule has 0 amide bonds. The molecular weight excluding hydrogens is 238 g/mol. The molecule has 1 aliphatic heterocycles. The maximum Gasteiger partial charge on any atom is 0.0673 e. The van der Waals surface area contributed by atoms with Crippen LogP contribution in [0.5, 0.6) is 0 Å². The third-order valence-corrected chi connectivity index (χ3v) is 4.96. The van der Waals surface area contributed by atoms with Gasteiger partial charge in [0.15, 0.2) is 0 Å². The quantitative estimate of drug-likeness (QED) is 0.652. The monoisotopic (exact) mass is 267 g/mol. The van der Waals surface area contributed by atoms with E-state index in [-0.39, 0.29) is 0 Å². The second kappa shape index (κ2) is 6.11. The summed E-state index contributed by atoms with van der Waals surface area (Å²) in [5.41, 5.74) is 0.359. The van der Waals surface area contributed by atoms with E-state index in [2.05, 4.69) is 12.2 Å². The Morgan fingerprint density at radius 1 is 1.21 bits per heavy atom. The molecule has 2 aliphatic carbocycles. The van der Waals surface area contributed by atoms with Crippen LogP contribution in [0.3, 0.4) is 0 Å². The van der Waals surface area contributed by atoms with Crippen molar-refractivity contribution in [1.29, 1.82) is 0 Å². The van der Waals surface area contributed by atoms with Crippen molar-refractivity contribution >= 4 is 0 Å². The molecule has 0 spiro atoms.